The van der Waals surface area contributed by atoms with Crippen LogP contribution in [0.4, 0.5) is 13.2 Å². The minimum absolute atomic E-state index is 0.0422. The van der Waals surface area contributed by atoms with Gasteiger partial charge in [0.25, 0.3) is 0 Å². The molecular formula is C21H20F3NO3S2. The highest BCUT2D eigenvalue weighted by Gasteiger charge is 2.31. The molecule has 9 heteroatoms. The Hall–Kier alpha value is -2.13. The first-order chi connectivity index (χ1) is 14.1. The van der Waals surface area contributed by atoms with Gasteiger partial charge in [-0.15, -0.1) is 23.5 Å². The van der Waals surface area contributed by atoms with Crippen molar-refractivity contribution in [3.05, 3.63) is 59.2 Å². The van der Waals surface area contributed by atoms with Crippen LogP contribution in [0.2, 0.25) is 0 Å². The van der Waals surface area contributed by atoms with Gasteiger partial charge in [0.2, 0.25) is 0 Å². The second-order valence-electron chi connectivity index (χ2n) is 6.82. The summed E-state index contributed by atoms with van der Waals surface area (Å²) in [5.74, 6) is 0.240. The highest BCUT2D eigenvalue weighted by atomic mass is 32.2. The Morgan fingerprint density at radius 1 is 1.23 bits per heavy atom. The van der Waals surface area contributed by atoms with Gasteiger partial charge in [-0.05, 0) is 42.8 Å². The maximum atomic E-state index is 12.7. The van der Waals surface area contributed by atoms with Crippen LogP contribution in [0.5, 0.6) is 5.75 Å². The van der Waals surface area contributed by atoms with Gasteiger partial charge >= 0.3 is 12.1 Å². The Morgan fingerprint density at radius 2 is 1.93 bits per heavy atom. The van der Waals surface area contributed by atoms with Crippen LogP contribution in [-0.2, 0) is 11.0 Å². The topological polar surface area (TPSA) is 58.9 Å². The Morgan fingerprint density at radius 3 is 2.53 bits per heavy atom. The Labute approximate surface area is 180 Å². The zero-order chi connectivity index (χ0) is 21.9. The van der Waals surface area contributed by atoms with Crippen molar-refractivity contribution in [2.75, 3.05) is 12.4 Å². The maximum Gasteiger partial charge on any atom is 0.416 e. The van der Waals surface area contributed by atoms with Crippen molar-refractivity contribution in [2.45, 2.75) is 36.2 Å². The average molecular weight is 456 g/mol. The standard InChI is InChI=1S/C21H20F3NO3S2/c1-12-9-16(7-8-18(12)28-10-19(26)27)29-11-17-13(2)30-20(25-17)14-3-5-15(6-4-14)21(22,23)24/h3-9,13,17H,10-11H2,1-2H3,(H,26,27)/t13-,17+/m1/s1. The van der Waals surface area contributed by atoms with Crippen molar-refractivity contribution < 1.29 is 27.8 Å². The van der Waals surface area contributed by atoms with E-state index < -0.39 is 17.7 Å². The highest BCUT2D eigenvalue weighted by molar-refractivity contribution is 8.15. The summed E-state index contributed by atoms with van der Waals surface area (Å²) in [5, 5.41) is 9.69. The minimum Gasteiger partial charge on any atom is -0.482 e. The van der Waals surface area contributed by atoms with E-state index >= 15 is 0 Å². The molecule has 30 heavy (non-hydrogen) atoms. The molecule has 0 radical (unpaired) electrons. The second kappa shape index (κ2) is 9.34. The molecule has 0 aromatic heterocycles. The second-order valence-corrected chi connectivity index (χ2v) is 9.28. The third-order valence-corrected chi connectivity index (χ3v) is 6.85. The lowest BCUT2D eigenvalue weighted by molar-refractivity contribution is -0.139. The largest absolute Gasteiger partial charge is 0.482 e. The van der Waals surface area contributed by atoms with Gasteiger partial charge in [-0.3, -0.25) is 4.99 Å². The molecule has 160 valence electrons. The number of carboxylic acid groups (broad SMARTS) is 1. The number of carboxylic acids is 1. The fourth-order valence-corrected chi connectivity index (χ4v) is 5.26. The van der Waals surface area contributed by atoms with E-state index in [0.29, 0.717) is 11.3 Å². The number of aliphatic carboxylic acids is 1. The molecule has 1 aliphatic heterocycles. The lowest BCUT2D eigenvalue weighted by Crippen LogP contribution is -2.16. The van der Waals surface area contributed by atoms with E-state index in [4.69, 9.17) is 14.8 Å². The van der Waals surface area contributed by atoms with E-state index in [1.54, 1.807) is 29.6 Å². The highest BCUT2D eigenvalue weighted by Crippen LogP contribution is 2.35. The molecule has 3 rings (SSSR count). The summed E-state index contributed by atoms with van der Waals surface area (Å²) < 4.78 is 43.5. The van der Waals surface area contributed by atoms with Crippen LogP contribution in [0.3, 0.4) is 0 Å². The van der Waals surface area contributed by atoms with Crippen molar-refractivity contribution in [2.24, 2.45) is 4.99 Å². The zero-order valence-electron chi connectivity index (χ0n) is 16.3. The van der Waals surface area contributed by atoms with Crippen LogP contribution in [-0.4, -0.2) is 39.8 Å². The monoisotopic (exact) mass is 455 g/mol. The third-order valence-electron chi connectivity index (χ3n) is 4.50. The molecule has 0 saturated carbocycles. The number of benzene rings is 2. The number of ether oxygens (including phenoxy) is 1. The van der Waals surface area contributed by atoms with Crippen LogP contribution in [0.1, 0.15) is 23.6 Å². The first kappa shape index (κ1) is 22.6. The molecule has 0 saturated heterocycles. The molecule has 0 fully saturated rings. The van der Waals surface area contributed by atoms with E-state index in [9.17, 15) is 18.0 Å². The lowest BCUT2D eigenvalue weighted by atomic mass is 10.1. The van der Waals surface area contributed by atoms with Gasteiger partial charge in [-0.1, -0.05) is 19.1 Å². The van der Waals surface area contributed by atoms with Gasteiger partial charge in [0, 0.05) is 21.5 Å². The first-order valence-corrected chi connectivity index (χ1v) is 11.0. The van der Waals surface area contributed by atoms with Crippen molar-refractivity contribution in [3.63, 3.8) is 0 Å². The van der Waals surface area contributed by atoms with Crippen molar-refractivity contribution in [1.82, 2.24) is 0 Å². The van der Waals surface area contributed by atoms with E-state index in [2.05, 4.69) is 6.92 Å². The van der Waals surface area contributed by atoms with Crippen LogP contribution in [0, 0.1) is 6.92 Å². The third kappa shape index (κ3) is 5.72. The van der Waals surface area contributed by atoms with E-state index in [-0.39, 0.29) is 17.9 Å². The number of hydrogen-bond donors (Lipinski definition) is 1. The van der Waals surface area contributed by atoms with Crippen LogP contribution in [0.15, 0.2) is 52.4 Å². The predicted octanol–water partition coefficient (Wildman–Crippen LogP) is 5.52. The SMILES string of the molecule is Cc1cc(SC[C@@H]2N=C(c3ccc(C(F)(F)F)cc3)S[C@@H]2C)ccc1OCC(=O)O. The number of thioether (sulfide) groups is 2. The number of halogens is 3. The maximum absolute atomic E-state index is 12.7. The van der Waals surface area contributed by atoms with Crippen LogP contribution in [0.25, 0.3) is 0 Å². The lowest BCUT2D eigenvalue weighted by Gasteiger charge is -2.13. The smallest absolute Gasteiger partial charge is 0.416 e. The van der Waals surface area contributed by atoms with Crippen LogP contribution >= 0.6 is 23.5 Å². The number of hydrogen-bond acceptors (Lipinski definition) is 5. The van der Waals surface area contributed by atoms with E-state index in [1.807, 2.05) is 19.1 Å². The minimum atomic E-state index is -4.35. The Balaban J connectivity index is 1.62. The fraction of sp³-hybridized carbons (Fsp3) is 0.333. The van der Waals surface area contributed by atoms with Gasteiger partial charge in [-0.25, -0.2) is 4.79 Å². The predicted molar refractivity (Wildman–Crippen MR) is 114 cm³/mol. The molecule has 0 bridgehead atoms. The van der Waals surface area contributed by atoms with E-state index in [1.165, 1.54) is 12.1 Å². The molecule has 1 N–H and O–H groups in total. The summed E-state index contributed by atoms with van der Waals surface area (Å²) in [4.78, 5) is 16.4. The summed E-state index contributed by atoms with van der Waals surface area (Å²) in [5.41, 5.74) is 0.883. The molecule has 2 aromatic rings. The molecule has 0 unspecified atom stereocenters. The van der Waals surface area contributed by atoms with Crippen molar-refractivity contribution in [1.29, 1.82) is 0 Å². The van der Waals surface area contributed by atoms with Crippen molar-refractivity contribution >= 4 is 34.5 Å². The molecule has 0 amide bonds. The van der Waals surface area contributed by atoms with Gasteiger partial charge in [-0.2, -0.15) is 13.2 Å². The molecule has 4 nitrogen and oxygen atoms in total. The van der Waals surface area contributed by atoms with E-state index in [0.717, 1.165) is 33.4 Å². The summed E-state index contributed by atoms with van der Waals surface area (Å²) in [6, 6.07) is 10.7. The van der Waals surface area contributed by atoms with Gasteiger partial charge in [0.1, 0.15) is 5.75 Å². The number of carbonyl (C=O) groups is 1. The number of aryl methyl sites for hydroxylation is 1. The summed E-state index contributed by atoms with van der Waals surface area (Å²) >= 11 is 3.20. The Kier molecular flexibility index (Phi) is 7.02. The molecule has 0 aliphatic carbocycles. The molecule has 1 aliphatic rings. The first-order valence-electron chi connectivity index (χ1n) is 9.13. The normalized spacial score (nSPS) is 18.9. The fourth-order valence-electron chi connectivity index (χ4n) is 2.85. The van der Waals surface area contributed by atoms with Crippen LogP contribution < -0.4 is 4.74 Å². The quantitative estimate of drug-likeness (QED) is 0.557. The summed E-state index contributed by atoms with van der Waals surface area (Å²) in [6.07, 6.45) is -4.35. The number of nitrogens with zero attached hydrogens (tertiary/aromatic N) is 1. The Bertz CT molecular complexity index is 946. The summed E-state index contributed by atoms with van der Waals surface area (Å²) in [6.45, 7) is 3.53. The van der Waals surface area contributed by atoms with Gasteiger partial charge < -0.3 is 9.84 Å². The zero-order valence-corrected chi connectivity index (χ0v) is 17.9. The molecular weight excluding hydrogens is 435 g/mol. The number of aliphatic imine (C=N–C) groups is 1. The number of alkyl halides is 3. The molecule has 0 spiro atoms. The molecule has 2 atom stereocenters. The van der Waals surface area contributed by atoms with Gasteiger partial charge in [0.15, 0.2) is 6.61 Å². The average Bonchev–Trinajstić information content (AvgIpc) is 3.05. The number of rotatable bonds is 7. The van der Waals surface area contributed by atoms with Gasteiger partial charge in [0.05, 0.1) is 16.6 Å². The molecule has 2 aromatic carbocycles. The molecule has 1 heterocycles. The van der Waals surface area contributed by atoms with Crippen molar-refractivity contribution in [3.8, 4) is 5.75 Å². The summed E-state index contributed by atoms with van der Waals surface area (Å²) in [7, 11) is 0.